The number of methoxy groups -OCH3 is 1. The third-order valence-electron chi connectivity index (χ3n) is 3.25. The number of hydrogen-bond acceptors (Lipinski definition) is 6. The van der Waals surface area contributed by atoms with Gasteiger partial charge in [0.25, 0.3) is 5.91 Å². The molecule has 6 nitrogen and oxygen atoms in total. The molecule has 0 aliphatic heterocycles. The second-order valence-corrected chi connectivity index (χ2v) is 5.88. The first-order valence-electron chi connectivity index (χ1n) is 7.33. The average Bonchev–Trinajstić information content (AvgIpc) is 3.18. The van der Waals surface area contributed by atoms with Crippen LogP contribution in [0.4, 0.5) is 5.69 Å². The monoisotopic (exact) mass is 354 g/mol. The van der Waals surface area contributed by atoms with Crippen LogP contribution in [0.15, 0.2) is 60.1 Å². The number of nitrogens with one attached hydrogen (secondary N) is 1. The van der Waals surface area contributed by atoms with E-state index in [2.05, 4.69) is 10.3 Å². The van der Waals surface area contributed by atoms with Gasteiger partial charge in [-0.1, -0.05) is 6.07 Å². The molecule has 3 rings (SSSR count). The predicted molar refractivity (Wildman–Crippen MR) is 94.5 cm³/mol. The number of aromatic nitrogens is 1. The second kappa shape index (κ2) is 7.59. The van der Waals surface area contributed by atoms with Crippen LogP contribution in [-0.4, -0.2) is 24.0 Å². The van der Waals surface area contributed by atoms with Crippen molar-refractivity contribution in [2.75, 3.05) is 12.4 Å². The number of thiophene rings is 1. The van der Waals surface area contributed by atoms with Crippen LogP contribution in [-0.2, 0) is 0 Å². The molecule has 0 bridgehead atoms. The van der Waals surface area contributed by atoms with E-state index in [1.807, 2.05) is 11.4 Å². The molecule has 2 heterocycles. The quantitative estimate of drug-likeness (QED) is 0.559. The molecule has 0 radical (unpaired) electrons. The van der Waals surface area contributed by atoms with Gasteiger partial charge in [0.05, 0.1) is 17.6 Å². The van der Waals surface area contributed by atoms with Gasteiger partial charge in [-0.05, 0) is 41.8 Å². The first kappa shape index (κ1) is 16.7. The number of ether oxygens (including phenoxy) is 2. The Morgan fingerprint density at radius 3 is 2.48 bits per heavy atom. The Morgan fingerprint density at radius 2 is 1.88 bits per heavy atom. The number of benzene rings is 1. The highest BCUT2D eigenvalue weighted by atomic mass is 32.1. The van der Waals surface area contributed by atoms with Crippen molar-refractivity contribution in [2.24, 2.45) is 0 Å². The van der Waals surface area contributed by atoms with E-state index in [-0.39, 0.29) is 5.91 Å². The van der Waals surface area contributed by atoms with E-state index >= 15 is 0 Å². The van der Waals surface area contributed by atoms with Gasteiger partial charge in [0, 0.05) is 18.0 Å². The van der Waals surface area contributed by atoms with Crippen molar-refractivity contribution >= 4 is 28.9 Å². The summed E-state index contributed by atoms with van der Waals surface area (Å²) >= 11 is 1.37. The predicted octanol–water partition coefficient (Wildman–Crippen LogP) is 3.62. The fourth-order valence-corrected chi connectivity index (χ4v) is 2.61. The zero-order valence-corrected chi connectivity index (χ0v) is 14.1. The average molecular weight is 354 g/mol. The van der Waals surface area contributed by atoms with E-state index in [0.29, 0.717) is 27.8 Å². The first-order valence-corrected chi connectivity index (χ1v) is 8.21. The molecular weight excluding hydrogens is 340 g/mol. The molecule has 126 valence electrons. The number of esters is 1. The molecule has 0 aliphatic rings. The topological polar surface area (TPSA) is 77.5 Å². The van der Waals surface area contributed by atoms with Crippen molar-refractivity contribution in [3.05, 3.63) is 70.5 Å². The summed E-state index contributed by atoms with van der Waals surface area (Å²) in [5.41, 5.74) is 0.931. The Hall–Kier alpha value is -3.19. The normalized spacial score (nSPS) is 10.1. The van der Waals surface area contributed by atoms with Gasteiger partial charge in [0.1, 0.15) is 5.75 Å². The third-order valence-corrected chi connectivity index (χ3v) is 4.12. The van der Waals surface area contributed by atoms with Crippen LogP contribution in [0.25, 0.3) is 0 Å². The highest BCUT2D eigenvalue weighted by Gasteiger charge is 2.10. The van der Waals surface area contributed by atoms with Crippen molar-refractivity contribution in [1.29, 1.82) is 0 Å². The number of carbonyl (C=O) groups is 2. The van der Waals surface area contributed by atoms with Crippen LogP contribution in [0.2, 0.25) is 0 Å². The zero-order valence-electron chi connectivity index (χ0n) is 13.3. The summed E-state index contributed by atoms with van der Waals surface area (Å²) in [6.07, 6.45) is 1.39. The SMILES string of the molecule is COc1ccc(C(=O)Oc2ccc(NC(=O)c3cccs3)cc2)cn1. The maximum atomic E-state index is 12.1. The highest BCUT2D eigenvalue weighted by Crippen LogP contribution is 2.19. The number of hydrogen-bond donors (Lipinski definition) is 1. The Labute approximate surface area is 148 Å². The molecule has 0 saturated heterocycles. The van der Waals surface area contributed by atoms with E-state index in [1.165, 1.54) is 24.6 Å². The summed E-state index contributed by atoms with van der Waals surface area (Å²) in [6.45, 7) is 0. The lowest BCUT2D eigenvalue weighted by Gasteiger charge is -2.07. The van der Waals surface area contributed by atoms with Crippen LogP contribution < -0.4 is 14.8 Å². The molecule has 1 amide bonds. The number of nitrogens with zero attached hydrogens (tertiary/aromatic N) is 1. The van der Waals surface area contributed by atoms with Gasteiger partial charge < -0.3 is 14.8 Å². The summed E-state index contributed by atoms with van der Waals surface area (Å²) in [5, 5.41) is 4.62. The number of carbonyl (C=O) groups excluding carboxylic acids is 2. The van der Waals surface area contributed by atoms with Gasteiger partial charge in [-0.3, -0.25) is 4.79 Å². The van der Waals surface area contributed by atoms with Gasteiger partial charge in [-0.2, -0.15) is 0 Å². The van der Waals surface area contributed by atoms with E-state index in [0.717, 1.165) is 0 Å². The minimum atomic E-state index is -0.523. The molecule has 25 heavy (non-hydrogen) atoms. The van der Waals surface area contributed by atoms with Gasteiger partial charge in [0.2, 0.25) is 5.88 Å². The third kappa shape index (κ3) is 4.21. The minimum Gasteiger partial charge on any atom is -0.481 e. The molecule has 0 spiro atoms. The fraction of sp³-hybridized carbons (Fsp3) is 0.0556. The van der Waals surface area contributed by atoms with E-state index < -0.39 is 5.97 Å². The molecule has 0 atom stereocenters. The number of anilines is 1. The molecular formula is C18H14N2O4S. The summed E-state index contributed by atoms with van der Waals surface area (Å²) in [6, 6.07) is 13.3. The summed E-state index contributed by atoms with van der Waals surface area (Å²) in [7, 11) is 1.50. The fourth-order valence-electron chi connectivity index (χ4n) is 1.99. The number of amides is 1. The lowest BCUT2D eigenvalue weighted by Crippen LogP contribution is -2.11. The van der Waals surface area contributed by atoms with Crippen molar-refractivity contribution in [2.45, 2.75) is 0 Å². The maximum absolute atomic E-state index is 12.1. The molecule has 3 aromatic rings. The molecule has 1 aromatic carbocycles. The molecule has 7 heteroatoms. The minimum absolute atomic E-state index is 0.177. The van der Waals surface area contributed by atoms with Crippen LogP contribution in [0, 0.1) is 0 Å². The van der Waals surface area contributed by atoms with Crippen molar-refractivity contribution < 1.29 is 19.1 Å². The van der Waals surface area contributed by atoms with Gasteiger partial charge in [0.15, 0.2) is 0 Å². The van der Waals surface area contributed by atoms with Crippen LogP contribution in [0.5, 0.6) is 11.6 Å². The Morgan fingerprint density at radius 1 is 1.08 bits per heavy atom. The largest absolute Gasteiger partial charge is 0.481 e. The summed E-state index contributed by atoms with van der Waals surface area (Å²) in [5.74, 6) is 0.0897. The van der Waals surface area contributed by atoms with Gasteiger partial charge in [-0.25, -0.2) is 9.78 Å². The van der Waals surface area contributed by atoms with E-state index in [9.17, 15) is 9.59 Å². The van der Waals surface area contributed by atoms with Crippen molar-refractivity contribution in [3.63, 3.8) is 0 Å². The van der Waals surface area contributed by atoms with Gasteiger partial charge >= 0.3 is 5.97 Å². The van der Waals surface area contributed by atoms with E-state index in [4.69, 9.17) is 9.47 Å². The van der Waals surface area contributed by atoms with Crippen molar-refractivity contribution in [3.8, 4) is 11.6 Å². The Bertz CT molecular complexity index is 859. The zero-order chi connectivity index (χ0) is 17.6. The second-order valence-electron chi connectivity index (χ2n) is 4.93. The summed E-state index contributed by atoms with van der Waals surface area (Å²) < 4.78 is 10.2. The molecule has 0 saturated carbocycles. The lowest BCUT2D eigenvalue weighted by molar-refractivity contribution is 0.0734. The molecule has 2 aromatic heterocycles. The Kier molecular flexibility index (Phi) is 5.06. The standard InChI is InChI=1S/C18H14N2O4S/c1-23-16-9-4-12(11-19-16)18(22)24-14-7-5-13(6-8-14)20-17(21)15-3-2-10-25-15/h2-11H,1H3,(H,20,21). The van der Waals surface area contributed by atoms with Crippen LogP contribution >= 0.6 is 11.3 Å². The number of rotatable bonds is 5. The lowest BCUT2D eigenvalue weighted by atomic mass is 10.2. The first-order chi connectivity index (χ1) is 12.2. The van der Waals surface area contributed by atoms with Gasteiger partial charge in [-0.15, -0.1) is 11.3 Å². The molecule has 0 fully saturated rings. The molecule has 0 unspecified atom stereocenters. The smallest absolute Gasteiger partial charge is 0.345 e. The van der Waals surface area contributed by atoms with Crippen LogP contribution in [0.1, 0.15) is 20.0 Å². The molecule has 1 N–H and O–H groups in total. The van der Waals surface area contributed by atoms with Crippen molar-refractivity contribution in [1.82, 2.24) is 4.98 Å². The number of pyridine rings is 1. The summed E-state index contributed by atoms with van der Waals surface area (Å²) in [4.78, 5) is 28.6. The van der Waals surface area contributed by atoms with E-state index in [1.54, 1.807) is 42.5 Å². The molecule has 0 aliphatic carbocycles. The maximum Gasteiger partial charge on any atom is 0.345 e. The van der Waals surface area contributed by atoms with Crippen LogP contribution in [0.3, 0.4) is 0 Å². The highest BCUT2D eigenvalue weighted by molar-refractivity contribution is 7.12. The Balaban J connectivity index is 1.61.